The van der Waals surface area contributed by atoms with Crippen LogP contribution in [0.4, 0.5) is 0 Å². The molecule has 0 N–H and O–H groups in total. The van der Waals surface area contributed by atoms with Crippen molar-refractivity contribution in [2.75, 3.05) is 0 Å². The van der Waals surface area contributed by atoms with Crippen molar-refractivity contribution >= 4 is 33.4 Å². The molecule has 0 unspecified atom stereocenters. The molecule has 0 amide bonds. The molecule has 0 saturated heterocycles. The molecule has 0 aliphatic carbocycles. The van der Waals surface area contributed by atoms with Crippen molar-refractivity contribution < 1.29 is 9.59 Å². The van der Waals surface area contributed by atoms with E-state index in [9.17, 15) is 9.59 Å². The van der Waals surface area contributed by atoms with Crippen molar-refractivity contribution in [3.63, 3.8) is 0 Å². The minimum atomic E-state index is 0.0167. The summed E-state index contributed by atoms with van der Waals surface area (Å²) in [7, 11) is 0. The van der Waals surface area contributed by atoms with E-state index >= 15 is 0 Å². The monoisotopic (exact) mass is 411 g/mol. The van der Waals surface area contributed by atoms with Gasteiger partial charge in [-0.3, -0.25) is 9.59 Å². The van der Waals surface area contributed by atoms with E-state index in [-0.39, 0.29) is 11.6 Å². The number of hydrogen-bond donors (Lipinski definition) is 0. The fourth-order valence-corrected chi connectivity index (χ4v) is 4.37. The molecule has 0 atom stereocenters. The summed E-state index contributed by atoms with van der Waals surface area (Å²) in [6.07, 6.45) is 4.98. The summed E-state index contributed by atoms with van der Waals surface area (Å²) in [5, 5.41) is 2.07. The highest BCUT2D eigenvalue weighted by atomic mass is 16.1. The minimum absolute atomic E-state index is 0.0167. The zero-order valence-electron chi connectivity index (χ0n) is 18.4. The Kier molecular flexibility index (Phi) is 6.31. The number of rotatable bonds is 9. The quantitative estimate of drug-likeness (QED) is 0.216. The van der Waals surface area contributed by atoms with Gasteiger partial charge in [-0.1, -0.05) is 56.5 Å². The van der Waals surface area contributed by atoms with Crippen molar-refractivity contribution in [3.8, 4) is 0 Å². The van der Waals surface area contributed by atoms with Crippen LogP contribution in [0.15, 0.2) is 66.7 Å². The molecule has 0 aliphatic rings. The Morgan fingerprint density at radius 3 is 2.00 bits per heavy atom. The van der Waals surface area contributed by atoms with E-state index in [0.717, 1.165) is 46.8 Å². The summed E-state index contributed by atoms with van der Waals surface area (Å²) in [6.45, 7) is 5.13. The van der Waals surface area contributed by atoms with Crippen LogP contribution >= 0.6 is 0 Å². The summed E-state index contributed by atoms with van der Waals surface area (Å²) in [6, 6.07) is 21.3. The van der Waals surface area contributed by atoms with E-state index < -0.39 is 0 Å². The average Bonchev–Trinajstić information content (AvgIpc) is 3.14. The molecule has 0 spiro atoms. The fraction of sp³-hybridized carbons (Fsp3) is 0.286. The molecule has 158 valence electrons. The zero-order chi connectivity index (χ0) is 21.8. The lowest BCUT2D eigenvalue weighted by atomic mass is 9.99. The highest BCUT2D eigenvalue weighted by Crippen LogP contribution is 2.31. The highest BCUT2D eigenvalue weighted by molar-refractivity contribution is 6.15. The average molecular weight is 412 g/mol. The number of fused-ring (bicyclic) bond motifs is 3. The summed E-state index contributed by atoms with van der Waals surface area (Å²) in [4.78, 5) is 25.8. The highest BCUT2D eigenvalue weighted by Gasteiger charge is 2.16. The summed E-state index contributed by atoms with van der Waals surface area (Å²) >= 11 is 0. The molecule has 0 fully saturated rings. The maximum Gasteiger partial charge on any atom is 0.193 e. The van der Waals surface area contributed by atoms with Crippen LogP contribution in [0.5, 0.6) is 0 Å². The number of Topliss-reactive ketones (excluding diaryl/α,β-unsaturated/α-hetero) is 1. The van der Waals surface area contributed by atoms with E-state index in [1.165, 1.54) is 12.8 Å². The van der Waals surface area contributed by atoms with Gasteiger partial charge in [-0.25, -0.2) is 0 Å². The van der Waals surface area contributed by atoms with Crippen LogP contribution in [0.1, 0.15) is 72.2 Å². The lowest BCUT2D eigenvalue weighted by Gasteiger charge is -2.05. The van der Waals surface area contributed by atoms with Gasteiger partial charge in [0.05, 0.1) is 0 Å². The van der Waals surface area contributed by atoms with E-state index in [1.54, 1.807) is 0 Å². The third-order valence-electron chi connectivity index (χ3n) is 6.06. The molecular formula is C28H29NO2. The molecule has 31 heavy (non-hydrogen) atoms. The first kappa shape index (κ1) is 21.0. The molecule has 0 aliphatic heterocycles. The van der Waals surface area contributed by atoms with Crippen molar-refractivity contribution in [1.29, 1.82) is 0 Å². The number of carbonyl (C=O) groups excluding carboxylic acids is 2. The predicted octanol–water partition coefficient (Wildman–Crippen LogP) is 7.20. The van der Waals surface area contributed by atoms with Gasteiger partial charge in [0.25, 0.3) is 0 Å². The fourth-order valence-electron chi connectivity index (χ4n) is 4.37. The standard InChI is InChI=1S/C28H29NO2/c1-3-5-6-10-13-27(30)21-14-16-25-23(18-21)24-19-22(15-17-26(24)29(25)4-2)28(31)20-11-8-7-9-12-20/h7-9,11-12,14-19H,3-6,10,13H2,1-2H3. The van der Waals surface area contributed by atoms with Crippen LogP contribution in [0.25, 0.3) is 21.8 Å². The second kappa shape index (κ2) is 9.30. The Hall–Kier alpha value is -3.20. The number of ketones is 2. The largest absolute Gasteiger partial charge is 0.341 e. The van der Waals surface area contributed by atoms with Crippen molar-refractivity contribution in [2.45, 2.75) is 52.5 Å². The molecular weight excluding hydrogens is 382 g/mol. The first-order valence-corrected chi connectivity index (χ1v) is 11.3. The van der Waals surface area contributed by atoms with E-state index in [1.807, 2.05) is 60.7 Å². The van der Waals surface area contributed by atoms with E-state index in [0.29, 0.717) is 17.5 Å². The third-order valence-corrected chi connectivity index (χ3v) is 6.06. The molecule has 3 nitrogen and oxygen atoms in total. The molecule has 3 aromatic carbocycles. The van der Waals surface area contributed by atoms with Gasteiger partial charge in [0.1, 0.15) is 0 Å². The van der Waals surface area contributed by atoms with Gasteiger partial charge >= 0.3 is 0 Å². The van der Waals surface area contributed by atoms with Crippen molar-refractivity contribution in [2.24, 2.45) is 0 Å². The molecule has 3 heteroatoms. The predicted molar refractivity (Wildman–Crippen MR) is 128 cm³/mol. The number of nitrogens with zero attached hydrogens (tertiary/aromatic N) is 1. The Bertz CT molecular complexity index is 1230. The molecule has 1 aromatic heterocycles. The van der Waals surface area contributed by atoms with Gasteiger partial charge < -0.3 is 4.57 Å². The molecule has 0 bridgehead atoms. The molecule has 4 rings (SSSR count). The summed E-state index contributed by atoms with van der Waals surface area (Å²) < 4.78 is 2.25. The van der Waals surface area contributed by atoms with Crippen molar-refractivity contribution in [3.05, 3.63) is 83.4 Å². The number of hydrogen-bond acceptors (Lipinski definition) is 2. The van der Waals surface area contributed by atoms with Crippen molar-refractivity contribution in [1.82, 2.24) is 4.57 Å². The van der Waals surface area contributed by atoms with Crippen LogP contribution in [-0.2, 0) is 6.54 Å². The van der Waals surface area contributed by atoms with Gasteiger partial charge in [0.2, 0.25) is 0 Å². The van der Waals surface area contributed by atoms with E-state index in [4.69, 9.17) is 0 Å². The van der Waals surface area contributed by atoms with Crippen LogP contribution in [0.2, 0.25) is 0 Å². The molecule has 0 radical (unpaired) electrons. The minimum Gasteiger partial charge on any atom is -0.341 e. The first-order valence-electron chi connectivity index (χ1n) is 11.3. The molecule has 4 aromatic rings. The number of unbranched alkanes of at least 4 members (excludes halogenated alkanes) is 3. The molecule has 0 saturated carbocycles. The lowest BCUT2D eigenvalue weighted by molar-refractivity contribution is 0.0978. The summed E-state index contributed by atoms with van der Waals surface area (Å²) in [5.74, 6) is 0.218. The van der Waals surface area contributed by atoms with Crippen LogP contribution in [0, 0.1) is 0 Å². The number of aryl methyl sites for hydroxylation is 1. The van der Waals surface area contributed by atoms with Crippen LogP contribution < -0.4 is 0 Å². The number of carbonyl (C=O) groups is 2. The SMILES string of the molecule is CCCCCCC(=O)c1ccc2c(c1)c1cc(C(=O)c3ccccc3)ccc1n2CC. The van der Waals surface area contributed by atoms with Gasteiger partial charge in [-0.2, -0.15) is 0 Å². The van der Waals surface area contributed by atoms with Gasteiger partial charge in [-0.05, 0) is 49.7 Å². The second-order valence-corrected chi connectivity index (χ2v) is 8.14. The van der Waals surface area contributed by atoms with E-state index in [2.05, 4.69) is 24.5 Å². The summed E-state index contributed by atoms with van der Waals surface area (Å²) in [5.41, 5.74) is 4.31. The topological polar surface area (TPSA) is 39.1 Å². The Labute approximate surface area is 183 Å². The lowest BCUT2D eigenvalue weighted by Crippen LogP contribution is -2.01. The Morgan fingerprint density at radius 1 is 0.710 bits per heavy atom. The maximum absolute atomic E-state index is 13.0. The number of benzene rings is 3. The maximum atomic E-state index is 13.0. The Morgan fingerprint density at radius 2 is 1.35 bits per heavy atom. The first-order chi connectivity index (χ1) is 15.1. The van der Waals surface area contributed by atoms with Gasteiger partial charge in [0, 0.05) is 51.5 Å². The zero-order valence-corrected chi connectivity index (χ0v) is 18.4. The smallest absolute Gasteiger partial charge is 0.193 e. The van der Waals surface area contributed by atoms with Gasteiger partial charge in [0.15, 0.2) is 11.6 Å². The second-order valence-electron chi connectivity index (χ2n) is 8.14. The normalized spacial score (nSPS) is 11.3. The molecule has 1 heterocycles. The van der Waals surface area contributed by atoms with Gasteiger partial charge in [-0.15, -0.1) is 0 Å². The van der Waals surface area contributed by atoms with Crippen LogP contribution in [-0.4, -0.2) is 16.1 Å². The third kappa shape index (κ3) is 4.18. The van der Waals surface area contributed by atoms with Crippen LogP contribution in [0.3, 0.4) is 0 Å². The Balaban J connectivity index is 1.75. The number of aromatic nitrogens is 1.